The van der Waals surface area contributed by atoms with Crippen LogP contribution in [0.4, 0.5) is 5.82 Å². The Hall–Kier alpha value is -3.34. The highest BCUT2D eigenvalue weighted by Gasteiger charge is 2.20. The van der Waals surface area contributed by atoms with Crippen LogP contribution in [0.15, 0.2) is 66.7 Å². The van der Waals surface area contributed by atoms with Crippen molar-refractivity contribution in [1.29, 1.82) is 0 Å². The highest BCUT2D eigenvalue weighted by atomic mass is 16.5. The molecule has 2 aromatic carbocycles. The molecule has 5 nitrogen and oxygen atoms in total. The fourth-order valence-corrected chi connectivity index (χ4v) is 3.50. The van der Waals surface area contributed by atoms with Gasteiger partial charge in [-0.05, 0) is 48.9 Å². The molecular formula is C24H25N3O2. The average molecular weight is 387 g/mol. The van der Waals surface area contributed by atoms with Crippen molar-refractivity contribution >= 4 is 28.7 Å². The predicted molar refractivity (Wildman–Crippen MR) is 117 cm³/mol. The van der Waals surface area contributed by atoms with Gasteiger partial charge >= 0.3 is 0 Å². The number of anilines is 1. The van der Waals surface area contributed by atoms with E-state index in [4.69, 9.17) is 9.72 Å². The number of piperazine rings is 1. The van der Waals surface area contributed by atoms with Crippen molar-refractivity contribution in [3.63, 3.8) is 0 Å². The summed E-state index contributed by atoms with van der Waals surface area (Å²) in [5.41, 5.74) is 1.99. The monoisotopic (exact) mass is 387 g/mol. The lowest BCUT2D eigenvalue weighted by molar-refractivity contribution is -0.126. The molecule has 0 saturated carbocycles. The van der Waals surface area contributed by atoms with E-state index in [1.54, 1.807) is 6.08 Å². The number of hydrogen-bond acceptors (Lipinski definition) is 4. The van der Waals surface area contributed by atoms with Crippen LogP contribution < -0.4 is 9.64 Å². The highest BCUT2D eigenvalue weighted by molar-refractivity contribution is 5.92. The molecule has 0 spiro atoms. The Kier molecular flexibility index (Phi) is 5.75. The van der Waals surface area contributed by atoms with Crippen LogP contribution in [0.2, 0.25) is 0 Å². The number of rotatable bonds is 5. The summed E-state index contributed by atoms with van der Waals surface area (Å²) < 4.78 is 5.44. The fourth-order valence-electron chi connectivity index (χ4n) is 3.50. The van der Waals surface area contributed by atoms with Gasteiger partial charge in [0.25, 0.3) is 0 Å². The molecule has 1 aromatic heterocycles. The molecule has 1 fully saturated rings. The van der Waals surface area contributed by atoms with E-state index in [2.05, 4.69) is 23.1 Å². The second-order valence-electron chi connectivity index (χ2n) is 7.01. The van der Waals surface area contributed by atoms with Crippen LogP contribution in [-0.2, 0) is 4.79 Å². The van der Waals surface area contributed by atoms with Gasteiger partial charge in [-0.15, -0.1) is 0 Å². The number of pyridine rings is 1. The van der Waals surface area contributed by atoms with Gasteiger partial charge in [0.05, 0.1) is 12.1 Å². The largest absolute Gasteiger partial charge is 0.494 e. The summed E-state index contributed by atoms with van der Waals surface area (Å²) in [6.07, 6.45) is 3.51. The van der Waals surface area contributed by atoms with E-state index in [0.717, 1.165) is 41.1 Å². The van der Waals surface area contributed by atoms with Crippen molar-refractivity contribution in [2.75, 3.05) is 37.7 Å². The predicted octanol–water partition coefficient (Wildman–Crippen LogP) is 4.00. The molecule has 0 radical (unpaired) electrons. The standard InChI is InChI=1S/C24H25N3O2/c1-2-29-21-11-7-19(8-12-21)9-14-24(28)27-17-15-26(16-18-27)23-13-10-20-5-3-4-6-22(20)25-23/h3-14H,2,15-18H2,1H3/b14-9+. The molecule has 0 unspecified atom stereocenters. The molecule has 2 heterocycles. The molecule has 1 aliphatic heterocycles. The summed E-state index contributed by atoms with van der Waals surface area (Å²) in [5, 5.41) is 1.14. The topological polar surface area (TPSA) is 45.7 Å². The van der Waals surface area contributed by atoms with Crippen molar-refractivity contribution in [2.45, 2.75) is 6.92 Å². The van der Waals surface area contributed by atoms with Crippen molar-refractivity contribution in [2.24, 2.45) is 0 Å². The van der Waals surface area contributed by atoms with Gasteiger partial charge in [-0.25, -0.2) is 4.98 Å². The molecule has 0 N–H and O–H groups in total. The Morgan fingerprint density at radius 2 is 1.76 bits per heavy atom. The van der Waals surface area contributed by atoms with Crippen LogP contribution in [0, 0.1) is 0 Å². The SMILES string of the molecule is CCOc1ccc(/C=C/C(=O)N2CCN(c3ccc4ccccc4n3)CC2)cc1. The van der Waals surface area contributed by atoms with Crippen molar-refractivity contribution in [3.05, 3.63) is 72.3 Å². The van der Waals surface area contributed by atoms with Gasteiger partial charge in [-0.3, -0.25) is 4.79 Å². The summed E-state index contributed by atoms with van der Waals surface area (Å²) in [5.74, 6) is 1.86. The third-order valence-corrected chi connectivity index (χ3v) is 5.11. The minimum atomic E-state index is 0.0463. The van der Waals surface area contributed by atoms with Gasteiger partial charge in [-0.2, -0.15) is 0 Å². The zero-order chi connectivity index (χ0) is 20.1. The van der Waals surface area contributed by atoms with E-state index in [1.165, 1.54) is 0 Å². The van der Waals surface area contributed by atoms with Gasteiger partial charge in [0, 0.05) is 37.6 Å². The molecule has 1 saturated heterocycles. The van der Waals surface area contributed by atoms with Gasteiger partial charge in [0.15, 0.2) is 0 Å². The highest BCUT2D eigenvalue weighted by Crippen LogP contribution is 2.19. The maximum absolute atomic E-state index is 12.5. The number of fused-ring (bicyclic) bond motifs is 1. The molecule has 0 bridgehead atoms. The van der Waals surface area contributed by atoms with Gasteiger partial charge < -0.3 is 14.5 Å². The van der Waals surface area contributed by atoms with Crippen LogP contribution in [0.25, 0.3) is 17.0 Å². The lowest BCUT2D eigenvalue weighted by Gasteiger charge is -2.35. The zero-order valence-corrected chi connectivity index (χ0v) is 16.6. The summed E-state index contributed by atoms with van der Waals surface area (Å²) in [4.78, 5) is 21.4. The summed E-state index contributed by atoms with van der Waals surface area (Å²) in [7, 11) is 0. The van der Waals surface area contributed by atoms with Crippen LogP contribution in [-0.4, -0.2) is 48.6 Å². The number of hydrogen-bond donors (Lipinski definition) is 0. The number of carbonyl (C=O) groups is 1. The molecule has 0 aliphatic carbocycles. The lowest BCUT2D eigenvalue weighted by Crippen LogP contribution is -2.48. The normalized spacial score (nSPS) is 14.5. The van der Waals surface area contributed by atoms with Crippen LogP contribution in [0.3, 0.4) is 0 Å². The van der Waals surface area contributed by atoms with Gasteiger partial charge in [-0.1, -0.05) is 30.3 Å². The maximum atomic E-state index is 12.5. The molecular weight excluding hydrogens is 362 g/mol. The van der Waals surface area contributed by atoms with Crippen LogP contribution >= 0.6 is 0 Å². The van der Waals surface area contributed by atoms with E-state index in [-0.39, 0.29) is 5.91 Å². The fraction of sp³-hybridized carbons (Fsp3) is 0.250. The van der Waals surface area contributed by atoms with E-state index in [1.807, 2.05) is 60.4 Å². The Labute approximate surface area is 171 Å². The molecule has 1 aliphatic rings. The summed E-state index contributed by atoms with van der Waals surface area (Å²) in [6.45, 7) is 5.57. The Bertz CT molecular complexity index is 1010. The number of para-hydroxylation sites is 1. The Morgan fingerprint density at radius 1 is 1.00 bits per heavy atom. The van der Waals surface area contributed by atoms with E-state index in [9.17, 15) is 4.79 Å². The average Bonchev–Trinajstić information content (AvgIpc) is 2.78. The first-order chi connectivity index (χ1) is 14.2. The van der Waals surface area contributed by atoms with E-state index in [0.29, 0.717) is 19.7 Å². The number of ether oxygens (including phenoxy) is 1. The van der Waals surface area contributed by atoms with Gasteiger partial charge in [0.1, 0.15) is 11.6 Å². The third kappa shape index (κ3) is 4.57. The number of benzene rings is 2. The first-order valence-corrected chi connectivity index (χ1v) is 10.0. The first kappa shape index (κ1) is 19.0. The minimum absolute atomic E-state index is 0.0463. The van der Waals surface area contributed by atoms with Crippen LogP contribution in [0.1, 0.15) is 12.5 Å². The molecule has 5 heteroatoms. The molecule has 0 atom stereocenters. The van der Waals surface area contributed by atoms with Crippen LogP contribution in [0.5, 0.6) is 5.75 Å². The van der Waals surface area contributed by atoms with Crippen molar-refractivity contribution in [1.82, 2.24) is 9.88 Å². The minimum Gasteiger partial charge on any atom is -0.494 e. The van der Waals surface area contributed by atoms with Gasteiger partial charge in [0.2, 0.25) is 5.91 Å². The molecule has 3 aromatic rings. The summed E-state index contributed by atoms with van der Waals surface area (Å²) in [6, 6.07) is 20.0. The second-order valence-corrected chi connectivity index (χ2v) is 7.01. The third-order valence-electron chi connectivity index (χ3n) is 5.11. The van der Waals surface area contributed by atoms with Crippen molar-refractivity contribution in [3.8, 4) is 5.75 Å². The first-order valence-electron chi connectivity index (χ1n) is 10.0. The Balaban J connectivity index is 1.34. The van der Waals surface area contributed by atoms with E-state index >= 15 is 0 Å². The number of amides is 1. The quantitative estimate of drug-likeness (QED) is 0.621. The number of carbonyl (C=O) groups excluding carboxylic acids is 1. The van der Waals surface area contributed by atoms with Crippen molar-refractivity contribution < 1.29 is 9.53 Å². The molecule has 148 valence electrons. The number of aromatic nitrogens is 1. The molecule has 1 amide bonds. The lowest BCUT2D eigenvalue weighted by atomic mass is 10.2. The number of nitrogens with zero attached hydrogens (tertiary/aromatic N) is 3. The molecule has 4 rings (SSSR count). The Morgan fingerprint density at radius 3 is 2.52 bits per heavy atom. The molecule has 29 heavy (non-hydrogen) atoms. The smallest absolute Gasteiger partial charge is 0.246 e. The zero-order valence-electron chi connectivity index (χ0n) is 16.6. The summed E-state index contributed by atoms with van der Waals surface area (Å²) >= 11 is 0. The second kappa shape index (κ2) is 8.78. The van der Waals surface area contributed by atoms with E-state index < -0.39 is 0 Å². The maximum Gasteiger partial charge on any atom is 0.246 e.